The molecule has 0 amide bonds. The number of nitrogens with zero attached hydrogens (tertiary/aromatic N) is 2. The molecule has 0 radical (unpaired) electrons. The van der Waals surface area contributed by atoms with Crippen molar-refractivity contribution in [2.24, 2.45) is 5.10 Å². The van der Waals surface area contributed by atoms with E-state index in [1.54, 1.807) is 47.5 Å². The van der Waals surface area contributed by atoms with Crippen molar-refractivity contribution in [1.29, 1.82) is 0 Å². The third-order valence-corrected chi connectivity index (χ3v) is 5.90. The second-order valence-corrected chi connectivity index (χ2v) is 8.46. The van der Waals surface area contributed by atoms with Crippen molar-refractivity contribution in [2.75, 3.05) is 5.01 Å². The predicted octanol–water partition coefficient (Wildman–Crippen LogP) is 8.46. The maximum atomic E-state index is 14.6. The summed E-state index contributed by atoms with van der Waals surface area (Å²) in [7, 11) is 0. The third kappa shape index (κ3) is 4.50. The Kier molecular flexibility index (Phi) is 6.35. The van der Waals surface area contributed by atoms with Crippen molar-refractivity contribution in [2.45, 2.75) is 12.5 Å². The highest BCUT2D eigenvalue weighted by atomic mass is 35.5. The van der Waals surface area contributed by atoms with Gasteiger partial charge in [-0.15, -0.1) is 0 Å². The van der Waals surface area contributed by atoms with E-state index in [4.69, 9.17) is 46.4 Å². The van der Waals surface area contributed by atoms with Crippen molar-refractivity contribution < 1.29 is 4.39 Å². The summed E-state index contributed by atoms with van der Waals surface area (Å²) in [5.41, 5.74) is 2.77. The summed E-state index contributed by atoms with van der Waals surface area (Å²) in [6, 6.07) is 16.8. The molecule has 0 saturated carbocycles. The molecular weight excluding hydrogens is 465 g/mol. The average Bonchev–Trinajstić information content (AvgIpc) is 3.11. The fourth-order valence-electron chi connectivity index (χ4n) is 3.33. The molecule has 30 heavy (non-hydrogen) atoms. The number of halogens is 5. The molecule has 1 atom stereocenters. The normalized spacial score (nSPS) is 16.4. The molecule has 0 N–H and O–H groups in total. The van der Waals surface area contributed by atoms with Gasteiger partial charge in [-0.1, -0.05) is 76.7 Å². The van der Waals surface area contributed by atoms with Gasteiger partial charge >= 0.3 is 0 Å². The van der Waals surface area contributed by atoms with E-state index in [-0.39, 0.29) is 11.9 Å². The molecule has 2 nitrogen and oxygen atoms in total. The highest BCUT2D eigenvalue weighted by molar-refractivity contribution is 6.36. The van der Waals surface area contributed by atoms with E-state index < -0.39 is 0 Å². The van der Waals surface area contributed by atoms with Crippen LogP contribution < -0.4 is 5.01 Å². The van der Waals surface area contributed by atoms with Gasteiger partial charge in [-0.3, -0.25) is 5.01 Å². The van der Waals surface area contributed by atoms with Crippen molar-refractivity contribution in [3.05, 3.63) is 104 Å². The van der Waals surface area contributed by atoms with E-state index in [0.29, 0.717) is 32.2 Å². The Morgan fingerprint density at radius 3 is 2.27 bits per heavy atom. The van der Waals surface area contributed by atoms with Gasteiger partial charge in [0.15, 0.2) is 0 Å². The molecule has 0 aromatic heterocycles. The molecule has 0 spiro atoms. The van der Waals surface area contributed by atoms with Gasteiger partial charge in [0, 0.05) is 26.5 Å². The summed E-state index contributed by atoms with van der Waals surface area (Å²) in [5, 5.41) is 8.48. The van der Waals surface area contributed by atoms with Crippen LogP contribution >= 0.6 is 46.4 Å². The minimum absolute atomic E-state index is 0.271. The summed E-state index contributed by atoms with van der Waals surface area (Å²) in [6.45, 7) is 0. The maximum absolute atomic E-state index is 14.6. The number of para-hydroxylation sites is 1. The highest BCUT2D eigenvalue weighted by Gasteiger charge is 2.31. The van der Waals surface area contributed by atoms with Gasteiger partial charge in [-0.2, -0.15) is 5.10 Å². The van der Waals surface area contributed by atoms with Crippen LogP contribution in [0.25, 0.3) is 6.08 Å². The van der Waals surface area contributed by atoms with Gasteiger partial charge in [-0.05, 0) is 53.6 Å². The Labute approximate surface area is 194 Å². The first-order valence-corrected chi connectivity index (χ1v) is 10.6. The molecule has 0 saturated heterocycles. The monoisotopic (exact) mass is 478 g/mol. The van der Waals surface area contributed by atoms with Crippen LogP contribution in [0.1, 0.15) is 23.6 Å². The van der Waals surface area contributed by atoms with E-state index in [1.165, 1.54) is 6.07 Å². The number of hydrogen-bond donors (Lipinski definition) is 0. The lowest BCUT2D eigenvalue weighted by Gasteiger charge is -2.25. The first kappa shape index (κ1) is 21.2. The lowest BCUT2D eigenvalue weighted by molar-refractivity contribution is 0.606. The Morgan fingerprint density at radius 1 is 0.867 bits per heavy atom. The number of benzene rings is 3. The molecule has 1 heterocycles. The van der Waals surface area contributed by atoms with E-state index in [1.807, 2.05) is 24.3 Å². The largest absolute Gasteiger partial charge is 0.254 e. The Balaban J connectivity index is 1.71. The lowest BCUT2D eigenvalue weighted by Crippen LogP contribution is -2.20. The zero-order chi connectivity index (χ0) is 21.3. The molecule has 1 unspecified atom stereocenters. The second-order valence-electron chi connectivity index (χ2n) is 6.77. The van der Waals surface area contributed by atoms with Crippen molar-refractivity contribution >= 4 is 63.9 Å². The number of allylic oxidation sites excluding steroid dienone is 1. The third-order valence-electron chi connectivity index (χ3n) is 4.77. The minimum atomic E-state index is -0.359. The van der Waals surface area contributed by atoms with E-state index in [9.17, 15) is 4.39 Å². The van der Waals surface area contributed by atoms with Crippen LogP contribution in [-0.2, 0) is 0 Å². The number of anilines is 1. The van der Waals surface area contributed by atoms with Gasteiger partial charge in [0.1, 0.15) is 5.82 Å². The molecule has 1 aliphatic rings. The summed E-state index contributed by atoms with van der Waals surface area (Å²) >= 11 is 24.7. The first-order valence-electron chi connectivity index (χ1n) is 9.11. The first-order chi connectivity index (χ1) is 14.4. The van der Waals surface area contributed by atoms with Crippen LogP contribution in [0.2, 0.25) is 20.1 Å². The molecule has 4 rings (SSSR count). The average molecular weight is 480 g/mol. The van der Waals surface area contributed by atoms with E-state index in [0.717, 1.165) is 16.8 Å². The molecule has 7 heteroatoms. The molecule has 3 aromatic carbocycles. The molecule has 152 valence electrons. The van der Waals surface area contributed by atoms with Crippen LogP contribution in [0.5, 0.6) is 0 Å². The van der Waals surface area contributed by atoms with Crippen molar-refractivity contribution in [3.63, 3.8) is 0 Å². The lowest BCUT2D eigenvalue weighted by atomic mass is 10.0. The molecule has 3 aromatic rings. The summed E-state index contributed by atoms with van der Waals surface area (Å²) < 4.78 is 14.6. The van der Waals surface area contributed by atoms with Crippen molar-refractivity contribution in [1.82, 2.24) is 0 Å². The van der Waals surface area contributed by atoms with Gasteiger partial charge in [0.2, 0.25) is 0 Å². The zero-order valence-electron chi connectivity index (χ0n) is 15.5. The molecule has 1 aliphatic heterocycles. The predicted molar refractivity (Wildman–Crippen MR) is 126 cm³/mol. The molecule has 0 fully saturated rings. The molecular formula is C23H15Cl4FN2. The smallest absolute Gasteiger partial charge is 0.148 e. The van der Waals surface area contributed by atoms with Crippen LogP contribution in [0.3, 0.4) is 0 Å². The number of rotatable bonds is 4. The number of hydrazone groups is 1. The summed E-state index contributed by atoms with van der Waals surface area (Å²) in [6.07, 6.45) is 4.27. The second kappa shape index (κ2) is 8.99. The molecule has 0 aliphatic carbocycles. The summed E-state index contributed by atoms with van der Waals surface area (Å²) in [5.74, 6) is -0.359. The van der Waals surface area contributed by atoms with Gasteiger partial charge in [-0.25, -0.2) is 4.39 Å². The van der Waals surface area contributed by atoms with Crippen LogP contribution in [0.15, 0.2) is 71.8 Å². The Hall–Kier alpha value is -2.04. The van der Waals surface area contributed by atoms with Gasteiger partial charge < -0.3 is 0 Å². The Morgan fingerprint density at radius 2 is 1.57 bits per heavy atom. The van der Waals surface area contributed by atoms with E-state index >= 15 is 0 Å². The topological polar surface area (TPSA) is 15.6 Å². The van der Waals surface area contributed by atoms with Crippen molar-refractivity contribution in [3.8, 4) is 0 Å². The fourth-order valence-corrected chi connectivity index (χ4v) is 4.34. The number of hydrogen-bond acceptors (Lipinski definition) is 2. The minimum Gasteiger partial charge on any atom is -0.254 e. The molecule has 0 bridgehead atoms. The van der Waals surface area contributed by atoms with E-state index in [2.05, 4.69) is 5.10 Å². The van der Waals surface area contributed by atoms with Crippen LogP contribution in [-0.4, -0.2) is 5.71 Å². The standard InChI is InChI=1S/C23H15Cl4FN2/c24-15-7-5-14(19(26)11-15)6-9-17-13-23(18-10-8-16(25)12-20(18)27)30(29-17)22-4-2-1-3-21(22)28/h1-12,23H,13H2. The summed E-state index contributed by atoms with van der Waals surface area (Å²) in [4.78, 5) is 0. The maximum Gasteiger partial charge on any atom is 0.148 e. The zero-order valence-corrected chi connectivity index (χ0v) is 18.5. The van der Waals surface area contributed by atoms with Crippen LogP contribution in [0, 0.1) is 5.82 Å². The van der Waals surface area contributed by atoms with Gasteiger partial charge in [0.05, 0.1) is 17.4 Å². The Bertz CT molecular complexity index is 1160. The van der Waals surface area contributed by atoms with Crippen LogP contribution in [0.4, 0.5) is 10.1 Å². The quantitative estimate of drug-likeness (QED) is 0.366. The SMILES string of the molecule is Fc1ccccc1N1N=C(C=Cc2ccc(Cl)cc2Cl)CC1c1ccc(Cl)cc1Cl. The highest BCUT2D eigenvalue weighted by Crippen LogP contribution is 2.40. The van der Waals surface area contributed by atoms with Gasteiger partial charge in [0.25, 0.3) is 0 Å². The fraction of sp³-hybridized carbons (Fsp3) is 0.0870.